The molecule has 10 heteroatoms. The molecule has 0 atom stereocenters. The van der Waals surface area contributed by atoms with Crippen LogP contribution in [0.15, 0.2) is 98.9 Å². The zero-order chi connectivity index (χ0) is 30.3. The van der Waals surface area contributed by atoms with Gasteiger partial charge in [0.2, 0.25) is 0 Å². The minimum atomic E-state index is -0.508. The molecule has 0 aliphatic heterocycles. The van der Waals surface area contributed by atoms with Gasteiger partial charge in [0.1, 0.15) is 30.5 Å². The Bertz CT molecular complexity index is 1720. The maximum Gasteiger partial charge on any atom is 0.307 e. The van der Waals surface area contributed by atoms with Gasteiger partial charge in [-0.1, -0.05) is 12.1 Å². The van der Waals surface area contributed by atoms with Crippen LogP contribution in [-0.4, -0.2) is 23.8 Å². The third kappa shape index (κ3) is 7.34. The van der Waals surface area contributed by atoms with E-state index < -0.39 is 5.91 Å². The number of nitrogens with one attached hydrogen (secondary N) is 1. The van der Waals surface area contributed by atoms with E-state index in [1.54, 1.807) is 36.4 Å². The average Bonchev–Trinajstić information content (AvgIpc) is 3.63. The van der Waals surface area contributed by atoms with Crippen molar-refractivity contribution in [3.8, 4) is 22.9 Å². The monoisotopic (exact) mass is 645 g/mol. The molecule has 3 aromatic carbocycles. The van der Waals surface area contributed by atoms with Crippen molar-refractivity contribution in [2.24, 2.45) is 5.10 Å². The molecular weight excluding hydrogens is 617 g/mol. The van der Waals surface area contributed by atoms with E-state index in [0.29, 0.717) is 33.0 Å². The number of rotatable bonds is 11. The SMILES string of the molecule is COc1cc(/C=N/NC(=O)c2ccc(COc3ccc(-n4c(C)ccc4C)cc3)o2)c(Br)cc1OCc1ccc(F)cc1. The first-order valence-electron chi connectivity index (χ1n) is 13.4. The molecule has 8 nitrogen and oxygen atoms in total. The molecule has 1 N–H and O–H groups in total. The number of nitrogens with zero attached hydrogens (tertiary/aromatic N) is 2. The van der Waals surface area contributed by atoms with Crippen molar-refractivity contribution in [3.63, 3.8) is 0 Å². The van der Waals surface area contributed by atoms with Crippen molar-refractivity contribution in [2.45, 2.75) is 27.1 Å². The Labute approximate surface area is 256 Å². The average molecular weight is 647 g/mol. The summed E-state index contributed by atoms with van der Waals surface area (Å²) in [5.41, 5.74) is 7.30. The fourth-order valence-electron chi connectivity index (χ4n) is 4.38. The van der Waals surface area contributed by atoms with Gasteiger partial charge >= 0.3 is 5.91 Å². The zero-order valence-corrected chi connectivity index (χ0v) is 25.4. The molecule has 0 saturated heterocycles. The quantitative estimate of drug-likeness (QED) is 0.119. The van der Waals surface area contributed by atoms with Crippen LogP contribution in [0.1, 0.15) is 38.8 Å². The maximum absolute atomic E-state index is 13.2. The predicted octanol–water partition coefficient (Wildman–Crippen LogP) is 7.52. The summed E-state index contributed by atoms with van der Waals surface area (Å²) in [4.78, 5) is 12.6. The summed E-state index contributed by atoms with van der Waals surface area (Å²) in [6.07, 6.45) is 1.47. The van der Waals surface area contributed by atoms with Gasteiger partial charge in [0.25, 0.3) is 0 Å². The second-order valence-electron chi connectivity index (χ2n) is 9.64. The second-order valence-corrected chi connectivity index (χ2v) is 10.5. The summed E-state index contributed by atoms with van der Waals surface area (Å²) in [5, 5.41) is 4.05. The minimum absolute atomic E-state index is 0.103. The summed E-state index contributed by atoms with van der Waals surface area (Å²) in [6.45, 7) is 4.54. The number of benzene rings is 3. The number of hydrazone groups is 1. The Morgan fingerprint density at radius 3 is 2.35 bits per heavy atom. The third-order valence-electron chi connectivity index (χ3n) is 6.59. The van der Waals surface area contributed by atoms with E-state index in [9.17, 15) is 9.18 Å². The van der Waals surface area contributed by atoms with Crippen molar-refractivity contribution >= 4 is 28.1 Å². The van der Waals surface area contributed by atoms with Gasteiger partial charge < -0.3 is 23.2 Å². The largest absolute Gasteiger partial charge is 0.493 e. The summed E-state index contributed by atoms with van der Waals surface area (Å²) < 4.78 is 38.8. The van der Waals surface area contributed by atoms with Crippen LogP contribution in [0.4, 0.5) is 4.39 Å². The molecule has 0 unspecified atom stereocenters. The van der Waals surface area contributed by atoms with Crippen LogP contribution in [-0.2, 0) is 13.2 Å². The van der Waals surface area contributed by atoms with Crippen LogP contribution in [0.2, 0.25) is 0 Å². The van der Waals surface area contributed by atoms with Crippen molar-refractivity contribution in [1.29, 1.82) is 0 Å². The highest BCUT2D eigenvalue weighted by Crippen LogP contribution is 2.33. The maximum atomic E-state index is 13.2. The Kier molecular flexibility index (Phi) is 9.26. The molecule has 5 aromatic rings. The lowest BCUT2D eigenvalue weighted by molar-refractivity contribution is 0.0923. The Balaban J connectivity index is 1.14. The normalized spacial score (nSPS) is 11.1. The van der Waals surface area contributed by atoms with Gasteiger partial charge in [0.15, 0.2) is 17.3 Å². The lowest BCUT2D eigenvalue weighted by Crippen LogP contribution is -2.16. The van der Waals surface area contributed by atoms with Crippen LogP contribution in [0.3, 0.4) is 0 Å². The molecular formula is C33H29BrFN3O5. The number of ether oxygens (including phenoxy) is 3. The van der Waals surface area contributed by atoms with Crippen LogP contribution >= 0.6 is 15.9 Å². The molecule has 0 aliphatic rings. The van der Waals surface area contributed by atoms with E-state index in [2.05, 4.69) is 57.0 Å². The standard InChI is InChI=1S/C33H29BrFN3O5/c1-21-4-5-22(2)38(21)26-10-12-27(13-11-26)41-20-28-14-15-30(43-28)33(39)37-36-18-24-16-31(40-3)32(17-29(24)34)42-19-23-6-8-25(35)9-7-23/h4-18H,19-20H2,1-3H3,(H,37,39)/b36-18+. The van der Waals surface area contributed by atoms with Gasteiger partial charge in [-0.05, 0) is 108 Å². The van der Waals surface area contributed by atoms with Crippen LogP contribution < -0.4 is 19.6 Å². The van der Waals surface area contributed by atoms with Crippen molar-refractivity contribution in [1.82, 2.24) is 9.99 Å². The van der Waals surface area contributed by atoms with Gasteiger partial charge in [-0.25, -0.2) is 9.82 Å². The molecule has 0 spiro atoms. The molecule has 0 saturated carbocycles. The van der Waals surface area contributed by atoms with E-state index in [1.165, 1.54) is 25.5 Å². The van der Waals surface area contributed by atoms with E-state index in [0.717, 1.165) is 22.6 Å². The fourth-order valence-corrected chi connectivity index (χ4v) is 4.80. The molecule has 43 heavy (non-hydrogen) atoms. The van der Waals surface area contributed by atoms with Gasteiger partial charge in [-0.3, -0.25) is 4.79 Å². The fraction of sp³-hybridized carbons (Fsp3) is 0.152. The van der Waals surface area contributed by atoms with E-state index in [4.69, 9.17) is 18.6 Å². The lowest BCUT2D eigenvalue weighted by Gasteiger charge is -2.12. The van der Waals surface area contributed by atoms with Gasteiger partial charge in [0.05, 0.1) is 13.3 Å². The lowest BCUT2D eigenvalue weighted by atomic mass is 10.2. The number of amides is 1. The van der Waals surface area contributed by atoms with E-state index >= 15 is 0 Å². The molecule has 1 amide bonds. The number of hydrogen-bond acceptors (Lipinski definition) is 6. The highest BCUT2D eigenvalue weighted by atomic mass is 79.9. The number of aromatic nitrogens is 1. The van der Waals surface area contributed by atoms with Gasteiger partial charge in [0, 0.05) is 27.1 Å². The number of carbonyl (C=O) groups is 1. The smallest absolute Gasteiger partial charge is 0.307 e. The van der Waals surface area contributed by atoms with E-state index in [-0.39, 0.29) is 24.8 Å². The number of hydrogen-bond donors (Lipinski definition) is 1. The number of aryl methyl sites for hydroxylation is 2. The summed E-state index contributed by atoms with van der Waals surface area (Å²) in [6, 6.07) is 24.7. The predicted molar refractivity (Wildman–Crippen MR) is 165 cm³/mol. The Hall–Kier alpha value is -4.83. The summed E-state index contributed by atoms with van der Waals surface area (Å²) in [7, 11) is 1.52. The molecule has 2 aromatic heterocycles. The molecule has 0 aliphatic carbocycles. The first-order chi connectivity index (χ1) is 20.8. The van der Waals surface area contributed by atoms with Crippen LogP contribution in [0, 0.1) is 19.7 Å². The highest BCUT2D eigenvalue weighted by molar-refractivity contribution is 9.10. The van der Waals surface area contributed by atoms with Crippen molar-refractivity contribution in [2.75, 3.05) is 7.11 Å². The minimum Gasteiger partial charge on any atom is -0.493 e. The topological polar surface area (TPSA) is 87.2 Å². The van der Waals surface area contributed by atoms with Gasteiger partial charge in [-0.2, -0.15) is 5.10 Å². The van der Waals surface area contributed by atoms with Crippen molar-refractivity contribution in [3.05, 3.63) is 129 Å². The molecule has 0 radical (unpaired) electrons. The Morgan fingerprint density at radius 1 is 0.930 bits per heavy atom. The number of carbonyl (C=O) groups excluding carboxylic acids is 1. The third-order valence-corrected chi connectivity index (χ3v) is 7.28. The molecule has 0 bridgehead atoms. The summed E-state index contributed by atoms with van der Waals surface area (Å²) >= 11 is 3.50. The van der Waals surface area contributed by atoms with Crippen LogP contribution in [0.25, 0.3) is 5.69 Å². The van der Waals surface area contributed by atoms with Crippen LogP contribution in [0.5, 0.6) is 17.2 Å². The summed E-state index contributed by atoms with van der Waals surface area (Å²) in [5.74, 6) is 1.44. The number of furan rings is 1. The molecule has 0 fully saturated rings. The highest BCUT2D eigenvalue weighted by Gasteiger charge is 2.13. The number of methoxy groups -OCH3 is 1. The molecule has 5 rings (SSSR count). The van der Waals surface area contributed by atoms with Crippen molar-refractivity contribution < 1.29 is 27.8 Å². The van der Waals surface area contributed by atoms with Gasteiger partial charge in [-0.15, -0.1) is 0 Å². The Morgan fingerprint density at radius 2 is 1.65 bits per heavy atom. The number of halogens is 2. The first kappa shape index (κ1) is 29.7. The molecule has 220 valence electrons. The second kappa shape index (κ2) is 13.4. The van der Waals surface area contributed by atoms with E-state index in [1.807, 2.05) is 24.3 Å². The first-order valence-corrected chi connectivity index (χ1v) is 14.1. The molecule has 2 heterocycles. The zero-order valence-electron chi connectivity index (χ0n) is 23.8.